The van der Waals surface area contributed by atoms with Crippen molar-refractivity contribution in [1.29, 1.82) is 0 Å². The molecule has 3 aliphatic heterocycles. The van der Waals surface area contributed by atoms with E-state index in [0.717, 1.165) is 24.0 Å². The van der Waals surface area contributed by atoms with Crippen LogP contribution in [-0.4, -0.2) is 41.5 Å². The minimum Gasteiger partial charge on any atom is -0.447 e. The standard InChI is InChI=1S/C23H24N2O4/c1-3-7-14-11-16-12-29-23(28)24(16)20-18(14)13(2)10-17-19(20)22(27)25(21(17)26)15-8-5-4-6-9-15/h4-9,16-17,19-20H,3,10-12H2,1-2H3/b14-7+/t16-,17-,19-,20+/m0/s1. The Kier molecular flexibility index (Phi) is 4.12. The van der Waals surface area contributed by atoms with Gasteiger partial charge in [0.15, 0.2) is 0 Å². The summed E-state index contributed by atoms with van der Waals surface area (Å²) in [5, 5.41) is 0. The number of carbonyl (C=O) groups excluding carboxylic acids is 3. The molecule has 3 amide bonds. The van der Waals surface area contributed by atoms with Gasteiger partial charge in [0.05, 0.1) is 29.6 Å². The van der Waals surface area contributed by atoms with Gasteiger partial charge < -0.3 is 4.74 Å². The number of hydrogen-bond acceptors (Lipinski definition) is 4. The molecule has 6 heteroatoms. The number of ether oxygens (including phenoxy) is 1. The largest absolute Gasteiger partial charge is 0.447 e. The second kappa shape index (κ2) is 6.58. The van der Waals surface area contributed by atoms with Gasteiger partial charge in [0, 0.05) is 0 Å². The predicted molar refractivity (Wildman–Crippen MR) is 107 cm³/mol. The average Bonchev–Trinajstić information content (AvgIpc) is 3.20. The van der Waals surface area contributed by atoms with Crippen molar-refractivity contribution < 1.29 is 19.1 Å². The summed E-state index contributed by atoms with van der Waals surface area (Å²) in [4.78, 5) is 42.5. The van der Waals surface area contributed by atoms with Gasteiger partial charge in [0.2, 0.25) is 11.8 Å². The first-order chi connectivity index (χ1) is 14.0. The van der Waals surface area contributed by atoms with Crippen LogP contribution >= 0.6 is 0 Å². The normalized spacial score (nSPS) is 32.5. The van der Waals surface area contributed by atoms with E-state index in [1.165, 1.54) is 10.5 Å². The summed E-state index contributed by atoms with van der Waals surface area (Å²) in [6, 6.07) is 8.57. The van der Waals surface area contributed by atoms with Crippen molar-refractivity contribution in [3.8, 4) is 0 Å². The maximum absolute atomic E-state index is 13.6. The van der Waals surface area contributed by atoms with Crippen LogP contribution in [0.1, 0.15) is 33.1 Å². The molecular weight excluding hydrogens is 368 g/mol. The zero-order valence-corrected chi connectivity index (χ0v) is 16.6. The summed E-state index contributed by atoms with van der Waals surface area (Å²) in [7, 11) is 0. The highest BCUT2D eigenvalue weighted by Crippen LogP contribution is 2.50. The molecule has 3 fully saturated rings. The number of cyclic esters (lactones) is 1. The first-order valence-corrected chi connectivity index (χ1v) is 10.3. The second-order valence-corrected chi connectivity index (χ2v) is 8.30. The molecular formula is C23H24N2O4. The highest BCUT2D eigenvalue weighted by molar-refractivity contribution is 6.22. The molecule has 0 saturated carbocycles. The molecule has 0 radical (unpaired) electrons. The van der Waals surface area contributed by atoms with Crippen LogP contribution in [0.3, 0.4) is 0 Å². The van der Waals surface area contributed by atoms with E-state index in [0.29, 0.717) is 18.7 Å². The van der Waals surface area contributed by atoms with E-state index in [4.69, 9.17) is 4.74 Å². The van der Waals surface area contributed by atoms with Crippen LogP contribution in [-0.2, 0) is 14.3 Å². The van der Waals surface area contributed by atoms with Crippen LogP contribution in [0.25, 0.3) is 0 Å². The number of allylic oxidation sites excluding steroid dienone is 2. The van der Waals surface area contributed by atoms with E-state index < -0.39 is 17.9 Å². The van der Waals surface area contributed by atoms with Gasteiger partial charge in [-0.05, 0) is 49.5 Å². The van der Waals surface area contributed by atoms with Crippen molar-refractivity contribution in [3.05, 3.63) is 53.1 Å². The Bertz CT molecular complexity index is 964. The molecule has 4 aliphatic rings. The molecule has 1 aromatic rings. The number of anilines is 1. The third-order valence-corrected chi connectivity index (χ3v) is 6.67. The molecule has 150 valence electrons. The van der Waals surface area contributed by atoms with Gasteiger partial charge in [-0.15, -0.1) is 0 Å². The number of piperidine rings is 1. The Hall–Kier alpha value is -2.89. The van der Waals surface area contributed by atoms with Crippen molar-refractivity contribution in [2.75, 3.05) is 11.5 Å². The van der Waals surface area contributed by atoms with E-state index in [-0.39, 0.29) is 23.9 Å². The molecule has 3 saturated heterocycles. The lowest BCUT2D eigenvalue weighted by Crippen LogP contribution is -2.55. The first-order valence-electron chi connectivity index (χ1n) is 10.3. The molecule has 0 aromatic heterocycles. The Labute approximate surface area is 169 Å². The Morgan fingerprint density at radius 3 is 2.59 bits per heavy atom. The molecule has 1 aromatic carbocycles. The fourth-order valence-electron chi connectivity index (χ4n) is 5.57. The number of carbonyl (C=O) groups is 3. The quantitative estimate of drug-likeness (QED) is 0.723. The van der Waals surface area contributed by atoms with Gasteiger partial charge >= 0.3 is 6.09 Å². The van der Waals surface area contributed by atoms with E-state index >= 15 is 0 Å². The van der Waals surface area contributed by atoms with Gasteiger partial charge in [-0.2, -0.15) is 0 Å². The SMILES string of the molecule is CC/C=C1\C[C@H]2COC(=O)N2[C@@H]2C1=C(C)C[C@@H]1C(=O)N(c3ccccc3)C(=O)[C@@H]12. The van der Waals surface area contributed by atoms with Gasteiger partial charge in [-0.1, -0.05) is 36.8 Å². The summed E-state index contributed by atoms with van der Waals surface area (Å²) in [6.45, 7) is 4.46. The third kappa shape index (κ3) is 2.51. The summed E-state index contributed by atoms with van der Waals surface area (Å²) in [6.07, 6.45) is 4.00. The van der Waals surface area contributed by atoms with Gasteiger partial charge in [0.1, 0.15) is 6.61 Å². The fourth-order valence-corrected chi connectivity index (χ4v) is 5.57. The van der Waals surface area contributed by atoms with Crippen LogP contribution in [0.15, 0.2) is 53.1 Å². The molecule has 0 N–H and O–H groups in total. The Morgan fingerprint density at radius 1 is 1.10 bits per heavy atom. The van der Waals surface area contributed by atoms with Crippen LogP contribution in [0.2, 0.25) is 0 Å². The second-order valence-electron chi connectivity index (χ2n) is 8.30. The van der Waals surface area contributed by atoms with E-state index in [1.807, 2.05) is 25.1 Å². The topological polar surface area (TPSA) is 66.9 Å². The molecule has 4 atom stereocenters. The first kappa shape index (κ1) is 18.2. The number of hydrogen-bond donors (Lipinski definition) is 0. The lowest BCUT2D eigenvalue weighted by Gasteiger charge is -2.45. The summed E-state index contributed by atoms with van der Waals surface area (Å²) >= 11 is 0. The highest BCUT2D eigenvalue weighted by Gasteiger charge is 2.60. The lowest BCUT2D eigenvalue weighted by molar-refractivity contribution is -0.123. The molecule has 1 aliphatic carbocycles. The average molecular weight is 392 g/mol. The number of amides is 3. The number of para-hydroxylation sites is 1. The number of fused-ring (bicyclic) bond motifs is 5. The number of benzene rings is 1. The van der Waals surface area contributed by atoms with Gasteiger partial charge in [0.25, 0.3) is 0 Å². The Balaban J connectivity index is 1.64. The molecule has 29 heavy (non-hydrogen) atoms. The molecule has 5 rings (SSSR count). The van der Waals surface area contributed by atoms with E-state index in [1.54, 1.807) is 17.0 Å². The molecule has 3 heterocycles. The predicted octanol–water partition coefficient (Wildman–Crippen LogP) is 3.44. The zero-order chi connectivity index (χ0) is 20.3. The lowest BCUT2D eigenvalue weighted by atomic mass is 9.68. The minimum atomic E-state index is -0.560. The number of imide groups is 1. The smallest absolute Gasteiger partial charge is 0.410 e. The van der Waals surface area contributed by atoms with Crippen molar-refractivity contribution in [1.82, 2.24) is 4.90 Å². The summed E-state index contributed by atoms with van der Waals surface area (Å²) < 4.78 is 5.36. The number of nitrogens with zero attached hydrogens (tertiary/aromatic N) is 2. The number of rotatable bonds is 2. The highest BCUT2D eigenvalue weighted by atomic mass is 16.6. The third-order valence-electron chi connectivity index (χ3n) is 6.67. The van der Waals surface area contributed by atoms with Crippen LogP contribution < -0.4 is 4.90 Å². The van der Waals surface area contributed by atoms with Crippen LogP contribution in [0.4, 0.5) is 10.5 Å². The zero-order valence-electron chi connectivity index (χ0n) is 16.6. The van der Waals surface area contributed by atoms with E-state index in [2.05, 4.69) is 13.0 Å². The van der Waals surface area contributed by atoms with Crippen molar-refractivity contribution in [2.45, 2.75) is 45.2 Å². The molecule has 0 bridgehead atoms. The maximum atomic E-state index is 13.6. The van der Waals surface area contributed by atoms with Crippen molar-refractivity contribution in [3.63, 3.8) is 0 Å². The summed E-state index contributed by atoms with van der Waals surface area (Å²) in [5.74, 6) is -1.38. The molecule has 6 nitrogen and oxygen atoms in total. The van der Waals surface area contributed by atoms with Crippen LogP contribution in [0.5, 0.6) is 0 Å². The van der Waals surface area contributed by atoms with Gasteiger partial charge in [-0.25, -0.2) is 9.69 Å². The Morgan fingerprint density at radius 2 is 1.86 bits per heavy atom. The van der Waals surface area contributed by atoms with Crippen molar-refractivity contribution in [2.24, 2.45) is 11.8 Å². The van der Waals surface area contributed by atoms with Crippen molar-refractivity contribution >= 4 is 23.6 Å². The van der Waals surface area contributed by atoms with Gasteiger partial charge in [-0.3, -0.25) is 14.5 Å². The molecule has 0 spiro atoms. The fraction of sp³-hybridized carbons (Fsp3) is 0.435. The van der Waals surface area contributed by atoms with E-state index in [9.17, 15) is 14.4 Å². The maximum Gasteiger partial charge on any atom is 0.410 e. The molecule has 0 unspecified atom stereocenters. The summed E-state index contributed by atoms with van der Waals surface area (Å²) in [5.41, 5.74) is 3.97. The van der Waals surface area contributed by atoms with Crippen LogP contribution in [0, 0.1) is 11.8 Å². The minimum absolute atomic E-state index is 0.0747. The monoisotopic (exact) mass is 392 g/mol.